The average molecular weight is 450 g/mol. The first-order valence-corrected chi connectivity index (χ1v) is 12.1. The summed E-state index contributed by atoms with van der Waals surface area (Å²) in [6.07, 6.45) is 10.6. The van der Waals surface area contributed by atoms with Crippen molar-refractivity contribution in [3.05, 3.63) is 59.9 Å². The van der Waals surface area contributed by atoms with E-state index in [1.807, 2.05) is 35.2 Å². The van der Waals surface area contributed by atoms with Gasteiger partial charge in [-0.15, -0.1) is 0 Å². The molecule has 2 amide bonds. The number of aromatic nitrogens is 2. The van der Waals surface area contributed by atoms with Gasteiger partial charge in [-0.3, -0.25) is 19.2 Å². The van der Waals surface area contributed by atoms with Crippen molar-refractivity contribution in [3.8, 4) is 0 Å². The summed E-state index contributed by atoms with van der Waals surface area (Å²) >= 11 is 0. The number of likely N-dealkylation sites (tertiary alicyclic amines) is 1. The van der Waals surface area contributed by atoms with Gasteiger partial charge in [0.1, 0.15) is 0 Å². The minimum Gasteiger partial charge on any atom is -0.340 e. The summed E-state index contributed by atoms with van der Waals surface area (Å²) in [6, 6.07) is 10.5. The highest BCUT2D eigenvalue weighted by Gasteiger charge is 2.25. The van der Waals surface area contributed by atoms with Crippen LogP contribution < -0.4 is 0 Å². The number of piperazine rings is 1. The fourth-order valence-electron chi connectivity index (χ4n) is 4.78. The molecule has 3 heterocycles. The van der Waals surface area contributed by atoms with Crippen LogP contribution in [-0.4, -0.2) is 75.6 Å². The number of hydrogen-bond acceptors (Lipinski definition) is 4. The van der Waals surface area contributed by atoms with E-state index >= 15 is 0 Å². The molecule has 2 aliphatic heterocycles. The third-order valence-electron chi connectivity index (χ3n) is 6.71. The van der Waals surface area contributed by atoms with E-state index in [2.05, 4.69) is 34.3 Å². The first kappa shape index (κ1) is 23.2. The molecule has 0 radical (unpaired) electrons. The van der Waals surface area contributed by atoms with E-state index in [9.17, 15) is 9.59 Å². The first-order chi connectivity index (χ1) is 16.1. The third kappa shape index (κ3) is 6.78. The molecule has 7 nitrogen and oxygen atoms in total. The van der Waals surface area contributed by atoms with Crippen molar-refractivity contribution in [2.24, 2.45) is 13.0 Å². The van der Waals surface area contributed by atoms with Gasteiger partial charge in [-0.25, -0.2) is 0 Å². The molecule has 1 atom stereocenters. The number of piperidine rings is 1. The molecule has 4 rings (SSSR count). The van der Waals surface area contributed by atoms with Gasteiger partial charge < -0.3 is 9.80 Å². The van der Waals surface area contributed by atoms with Crippen molar-refractivity contribution in [1.29, 1.82) is 0 Å². The molecule has 33 heavy (non-hydrogen) atoms. The van der Waals surface area contributed by atoms with Crippen molar-refractivity contribution in [2.75, 3.05) is 39.3 Å². The van der Waals surface area contributed by atoms with Gasteiger partial charge in [-0.1, -0.05) is 30.3 Å². The van der Waals surface area contributed by atoms with Gasteiger partial charge in [0.2, 0.25) is 11.8 Å². The molecule has 0 unspecified atom stereocenters. The maximum atomic E-state index is 12.8. The third-order valence-corrected chi connectivity index (χ3v) is 6.71. The van der Waals surface area contributed by atoms with Crippen LogP contribution in [0.25, 0.3) is 6.08 Å². The maximum absolute atomic E-state index is 12.8. The van der Waals surface area contributed by atoms with Crippen LogP contribution in [-0.2, 0) is 23.2 Å². The molecule has 1 aromatic heterocycles. The Kier molecular flexibility index (Phi) is 7.94. The molecule has 2 aliphatic rings. The molecule has 0 aliphatic carbocycles. The van der Waals surface area contributed by atoms with Crippen molar-refractivity contribution < 1.29 is 9.59 Å². The minimum absolute atomic E-state index is 0.0458. The predicted octanol–water partition coefficient (Wildman–Crippen LogP) is 2.80. The molecule has 2 fully saturated rings. The normalized spacial score (nSPS) is 19.8. The van der Waals surface area contributed by atoms with E-state index in [1.165, 1.54) is 5.56 Å². The van der Waals surface area contributed by atoms with Crippen molar-refractivity contribution in [3.63, 3.8) is 0 Å². The highest BCUT2D eigenvalue weighted by Crippen LogP contribution is 2.22. The summed E-state index contributed by atoms with van der Waals surface area (Å²) in [6.45, 7) is 5.95. The van der Waals surface area contributed by atoms with Gasteiger partial charge in [0.05, 0.1) is 6.20 Å². The molecule has 1 aromatic carbocycles. The molecule has 0 bridgehead atoms. The molecule has 7 heteroatoms. The Bertz CT molecular complexity index is 947. The first-order valence-electron chi connectivity index (χ1n) is 12.1. The van der Waals surface area contributed by atoms with E-state index in [0.29, 0.717) is 12.3 Å². The number of carbonyl (C=O) groups is 2. The van der Waals surface area contributed by atoms with Crippen LogP contribution in [0.1, 0.15) is 36.8 Å². The van der Waals surface area contributed by atoms with Crippen LogP contribution in [0.3, 0.4) is 0 Å². The smallest absolute Gasteiger partial charge is 0.246 e. The standard InChI is InChI=1S/C26H35N5O2/c1-28-19-24(18-27-28)10-12-26(33)31-13-5-8-23(21-31)9-11-25(32)30-16-14-29(15-17-30)20-22-6-3-2-4-7-22/h2-4,6-7,10,12,18-19,23H,5,8-9,11,13-17,20-21H2,1H3/b12-10+/t23-/m0/s1. The second-order valence-corrected chi connectivity index (χ2v) is 9.25. The van der Waals surface area contributed by atoms with Gasteiger partial charge in [-0.2, -0.15) is 5.10 Å². The number of amides is 2. The van der Waals surface area contributed by atoms with Gasteiger partial charge in [0, 0.05) is 77.1 Å². The highest BCUT2D eigenvalue weighted by atomic mass is 16.2. The van der Waals surface area contributed by atoms with E-state index in [1.54, 1.807) is 17.0 Å². The van der Waals surface area contributed by atoms with Crippen molar-refractivity contribution in [1.82, 2.24) is 24.5 Å². The van der Waals surface area contributed by atoms with Crippen LogP contribution >= 0.6 is 0 Å². The van der Waals surface area contributed by atoms with E-state index in [-0.39, 0.29) is 11.8 Å². The van der Waals surface area contributed by atoms with E-state index < -0.39 is 0 Å². The molecular weight excluding hydrogens is 414 g/mol. The number of hydrogen-bond donors (Lipinski definition) is 0. The van der Waals surface area contributed by atoms with Gasteiger partial charge >= 0.3 is 0 Å². The van der Waals surface area contributed by atoms with Gasteiger partial charge in [0.15, 0.2) is 0 Å². The monoisotopic (exact) mass is 449 g/mol. The van der Waals surface area contributed by atoms with Gasteiger partial charge in [0.25, 0.3) is 0 Å². The lowest BCUT2D eigenvalue weighted by Crippen LogP contribution is -2.48. The summed E-state index contributed by atoms with van der Waals surface area (Å²) in [5.74, 6) is 0.705. The zero-order valence-corrected chi connectivity index (χ0v) is 19.6. The van der Waals surface area contributed by atoms with E-state index in [4.69, 9.17) is 0 Å². The van der Waals surface area contributed by atoms with E-state index in [0.717, 1.165) is 70.6 Å². The molecular formula is C26H35N5O2. The van der Waals surface area contributed by atoms with Crippen LogP contribution in [0.4, 0.5) is 0 Å². The van der Waals surface area contributed by atoms with Crippen molar-refractivity contribution >= 4 is 17.9 Å². The molecule has 0 saturated carbocycles. The quantitative estimate of drug-likeness (QED) is 0.610. The molecule has 2 saturated heterocycles. The zero-order valence-electron chi connectivity index (χ0n) is 19.6. The summed E-state index contributed by atoms with van der Waals surface area (Å²) in [7, 11) is 1.86. The second kappa shape index (κ2) is 11.3. The maximum Gasteiger partial charge on any atom is 0.246 e. The summed E-state index contributed by atoms with van der Waals surface area (Å²) in [5, 5.41) is 4.12. The Morgan fingerprint density at radius 2 is 1.85 bits per heavy atom. The number of rotatable bonds is 7. The number of benzene rings is 1. The van der Waals surface area contributed by atoms with Crippen LogP contribution in [0.2, 0.25) is 0 Å². The lowest BCUT2D eigenvalue weighted by molar-refractivity contribution is -0.133. The van der Waals surface area contributed by atoms with Crippen LogP contribution in [0.5, 0.6) is 0 Å². The summed E-state index contributed by atoms with van der Waals surface area (Å²) < 4.78 is 1.72. The molecule has 0 spiro atoms. The lowest BCUT2D eigenvalue weighted by atomic mass is 9.93. The highest BCUT2D eigenvalue weighted by molar-refractivity contribution is 5.91. The van der Waals surface area contributed by atoms with Crippen LogP contribution in [0, 0.1) is 5.92 Å². The fraction of sp³-hybridized carbons (Fsp3) is 0.500. The van der Waals surface area contributed by atoms with Gasteiger partial charge in [-0.05, 0) is 36.8 Å². The second-order valence-electron chi connectivity index (χ2n) is 9.25. The number of carbonyl (C=O) groups excluding carboxylic acids is 2. The lowest BCUT2D eigenvalue weighted by Gasteiger charge is -2.36. The Balaban J connectivity index is 1.18. The topological polar surface area (TPSA) is 61.7 Å². The summed E-state index contributed by atoms with van der Waals surface area (Å²) in [4.78, 5) is 31.8. The molecule has 0 N–H and O–H groups in total. The Labute approximate surface area is 196 Å². The van der Waals surface area contributed by atoms with Crippen molar-refractivity contribution in [2.45, 2.75) is 32.2 Å². The van der Waals surface area contributed by atoms with Crippen LogP contribution in [0.15, 0.2) is 48.8 Å². The molecule has 176 valence electrons. The molecule has 2 aromatic rings. The average Bonchev–Trinajstić information content (AvgIpc) is 3.27. The SMILES string of the molecule is Cn1cc(/C=C/C(=O)N2CCC[C@@H](CCC(=O)N3CCN(Cc4ccccc4)CC3)C2)cn1. The Hall–Kier alpha value is -2.93. The Morgan fingerprint density at radius 3 is 2.58 bits per heavy atom. The minimum atomic E-state index is 0.0458. The predicted molar refractivity (Wildman–Crippen MR) is 129 cm³/mol. The summed E-state index contributed by atoms with van der Waals surface area (Å²) in [5.41, 5.74) is 2.25. The number of nitrogens with zero attached hydrogens (tertiary/aromatic N) is 5. The zero-order chi connectivity index (χ0) is 23.0. The number of aryl methyl sites for hydroxylation is 1. The largest absolute Gasteiger partial charge is 0.340 e. The Morgan fingerprint density at radius 1 is 1.06 bits per heavy atom. The fourth-order valence-corrected chi connectivity index (χ4v) is 4.78.